The maximum Gasteiger partial charge on any atom is 0.327 e. The van der Waals surface area contributed by atoms with E-state index in [2.05, 4.69) is 15.4 Å². The third-order valence-corrected chi connectivity index (χ3v) is 4.64. The van der Waals surface area contributed by atoms with Crippen molar-refractivity contribution in [2.24, 2.45) is 15.9 Å². The third-order valence-electron chi connectivity index (χ3n) is 4.64. The Morgan fingerprint density at radius 3 is 2.30 bits per heavy atom. The molecule has 0 saturated carbocycles. The van der Waals surface area contributed by atoms with Crippen molar-refractivity contribution < 1.29 is 19.4 Å². The summed E-state index contributed by atoms with van der Waals surface area (Å²) in [7, 11) is 0. The number of carbonyl (C=O) groups excluding carboxylic acids is 2. The number of esters is 1. The van der Waals surface area contributed by atoms with Crippen LogP contribution in [0.15, 0.2) is 82.9 Å². The van der Waals surface area contributed by atoms with Crippen LogP contribution in [0.1, 0.15) is 22.8 Å². The molecule has 3 aromatic rings. The van der Waals surface area contributed by atoms with Crippen molar-refractivity contribution in [3.8, 4) is 16.9 Å². The van der Waals surface area contributed by atoms with E-state index in [0.717, 1.165) is 11.1 Å². The Labute approximate surface area is 191 Å². The first-order valence-corrected chi connectivity index (χ1v) is 10.2. The summed E-state index contributed by atoms with van der Waals surface area (Å²) in [5, 5.41) is 16.0. The number of rotatable bonds is 8. The van der Waals surface area contributed by atoms with Crippen LogP contribution < -0.4 is 11.2 Å². The number of anilines is 1. The molecule has 168 valence electrons. The second-order valence-electron chi connectivity index (χ2n) is 6.95. The number of aliphatic imine (C=N–C) groups is 1. The second-order valence-corrected chi connectivity index (χ2v) is 6.95. The Bertz CT molecular complexity index is 1170. The maximum absolute atomic E-state index is 12.7. The predicted molar refractivity (Wildman–Crippen MR) is 129 cm³/mol. The van der Waals surface area contributed by atoms with Crippen LogP contribution in [-0.4, -0.2) is 42.1 Å². The van der Waals surface area contributed by atoms with E-state index in [-0.39, 0.29) is 24.8 Å². The molecule has 8 nitrogen and oxygen atoms in total. The van der Waals surface area contributed by atoms with E-state index in [1.54, 1.807) is 55.5 Å². The summed E-state index contributed by atoms with van der Waals surface area (Å²) in [6.07, 6.45) is 1.39. The van der Waals surface area contributed by atoms with Crippen molar-refractivity contribution in [2.45, 2.75) is 6.92 Å². The molecule has 0 unspecified atom stereocenters. The molecule has 0 atom stereocenters. The fraction of sp³-hybridized carbons (Fsp3) is 0.120. The summed E-state index contributed by atoms with van der Waals surface area (Å²) >= 11 is 0. The monoisotopic (exact) mass is 444 g/mol. The molecular formula is C25H24N4O4. The third kappa shape index (κ3) is 6.51. The van der Waals surface area contributed by atoms with Gasteiger partial charge in [-0.3, -0.25) is 14.6 Å². The van der Waals surface area contributed by atoms with E-state index in [4.69, 9.17) is 10.6 Å². The molecule has 3 aromatic carbocycles. The first-order chi connectivity index (χ1) is 16.0. The lowest BCUT2D eigenvalue weighted by molar-refractivity contribution is -0.141. The second kappa shape index (κ2) is 11.2. The zero-order valence-corrected chi connectivity index (χ0v) is 18.1. The van der Waals surface area contributed by atoms with Gasteiger partial charge in [-0.05, 0) is 54.4 Å². The van der Waals surface area contributed by atoms with Crippen LogP contribution in [0.3, 0.4) is 0 Å². The van der Waals surface area contributed by atoms with Crippen molar-refractivity contribution in [3.05, 3.63) is 83.9 Å². The zero-order chi connectivity index (χ0) is 23.6. The van der Waals surface area contributed by atoms with Crippen molar-refractivity contribution in [1.29, 1.82) is 0 Å². The van der Waals surface area contributed by atoms with Crippen LogP contribution in [0.25, 0.3) is 11.1 Å². The highest BCUT2D eigenvalue weighted by Crippen LogP contribution is 2.22. The number of amides is 1. The highest BCUT2D eigenvalue weighted by Gasteiger charge is 2.09. The van der Waals surface area contributed by atoms with Gasteiger partial charge in [0.05, 0.1) is 12.8 Å². The van der Waals surface area contributed by atoms with E-state index < -0.39 is 5.97 Å². The van der Waals surface area contributed by atoms with Crippen LogP contribution in [0.5, 0.6) is 5.75 Å². The number of ether oxygens (including phenoxy) is 1. The van der Waals surface area contributed by atoms with Crippen molar-refractivity contribution >= 4 is 29.5 Å². The van der Waals surface area contributed by atoms with Crippen molar-refractivity contribution in [1.82, 2.24) is 0 Å². The number of phenolic OH excluding ortho intramolecular Hbond substituents is 1. The Morgan fingerprint density at radius 2 is 1.67 bits per heavy atom. The fourth-order valence-electron chi connectivity index (χ4n) is 3.02. The fourth-order valence-corrected chi connectivity index (χ4v) is 3.02. The molecule has 0 aliphatic rings. The van der Waals surface area contributed by atoms with Gasteiger partial charge in [-0.15, -0.1) is 0 Å². The van der Waals surface area contributed by atoms with Gasteiger partial charge in [0.15, 0.2) is 0 Å². The van der Waals surface area contributed by atoms with E-state index >= 15 is 0 Å². The molecule has 0 radical (unpaired) electrons. The molecule has 0 bridgehead atoms. The first kappa shape index (κ1) is 23.2. The van der Waals surface area contributed by atoms with E-state index in [9.17, 15) is 14.7 Å². The normalized spacial score (nSPS) is 11.4. The van der Waals surface area contributed by atoms with E-state index in [1.165, 1.54) is 6.21 Å². The molecule has 0 aliphatic carbocycles. The molecule has 0 spiro atoms. The Morgan fingerprint density at radius 1 is 1.00 bits per heavy atom. The summed E-state index contributed by atoms with van der Waals surface area (Å²) in [6, 6.07) is 21.0. The van der Waals surface area contributed by atoms with Crippen LogP contribution in [0.2, 0.25) is 0 Å². The molecule has 0 heterocycles. The van der Waals surface area contributed by atoms with E-state index in [1.807, 2.05) is 24.3 Å². The van der Waals surface area contributed by atoms with Crippen molar-refractivity contribution in [2.75, 3.05) is 18.5 Å². The number of aromatic hydroxyl groups is 1. The van der Waals surface area contributed by atoms with Gasteiger partial charge in [0.2, 0.25) is 0 Å². The number of nitrogens with zero attached hydrogens (tertiary/aromatic N) is 2. The largest absolute Gasteiger partial charge is 0.508 e. The zero-order valence-electron chi connectivity index (χ0n) is 18.1. The Balaban J connectivity index is 1.68. The first-order valence-electron chi connectivity index (χ1n) is 10.2. The van der Waals surface area contributed by atoms with E-state index in [0.29, 0.717) is 22.5 Å². The number of benzene rings is 3. The minimum absolute atomic E-state index is 0.135. The van der Waals surface area contributed by atoms with Gasteiger partial charge in [0.1, 0.15) is 18.0 Å². The molecule has 0 aromatic heterocycles. The highest BCUT2D eigenvalue weighted by atomic mass is 16.5. The topological polar surface area (TPSA) is 126 Å². The molecule has 0 saturated heterocycles. The molecular weight excluding hydrogens is 420 g/mol. The molecule has 0 fully saturated rings. The SMILES string of the molecule is CCOC(=O)CN=CC(=NN)c1cccc(NC(=O)c2ccc(-c3ccc(O)cc3)cc2)c1. The molecule has 4 N–H and O–H groups in total. The molecule has 1 amide bonds. The van der Waals surface area contributed by atoms with Crippen LogP contribution in [0, 0.1) is 0 Å². The standard InChI is InChI=1S/C25H24N4O4/c1-2-33-24(31)16-27-15-23(29-26)20-4-3-5-21(14-20)28-25(32)19-8-6-17(7-9-19)18-10-12-22(30)13-11-18/h3-15,30H,2,16,26H2,1H3,(H,28,32). The summed E-state index contributed by atoms with van der Waals surface area (Å²) in [6.45, 7) is 1.87. The Kier molecular flexibility index (Phi) is 7.91. The van der Waals surface area contributed by atoms with Crippen LogP contribution >= 0.6 is 0 Å². The lowest BCUT2D eigenvalue weighted by Gasteiger charge is -2.08. The molecule has 3 rings (SSSR count). The summed E-state index contributed by atoms with van der Waals surface area (Å²) in [5.74, 6) is 4.96. The Hall–Kier alpha value is -4.46. The predicted octanol–water partition coefficient (Wildman–Crippen LogP) is 3.61. The average Bonchev–Trinajstić information content (AvgIpc) is 2.83. The minimum Gasteiger partial charge on any atom is -0.508 e. The van der Waals surface area contributed by atoms with Gasteiger partial charge >= 0.3 is 5.97 Å². The highest BCUT2D eigenvalue weighted by molar-refractivity contribution is 6.38. The number of nitrogens with two attached hydrogens (primary N) is 1. The van der Waals surface area contributed by atoms with Gasteiger partial charge in [0, 0.05) is 16.8 Å². The number of hydrogen-bond acceptors (Lipinski definition) is 7. The van der Waals surface area contributed by atoms with Crippen LogP contribution in [-0.2, 0) is 9.53 Å². The van der Waals surface area contributed by atoms with Crippen LogP contribution in [0.4, 0.5) is 5.69 Å². The summed E-state index contributed by atoms with van der Waals surface area (Å²) < 4.78 is 4.82. The van der Waals surface area contributed by atoms with Gasteiger partial charge in [0.25, 0.3) is 5.91 Å². The number of nitrogens with one attached hydrogen (secondary N) is 1. The number of hydrazone groups is 1. The smallest absolute Gasteiger partial charge is 0.327 e. The van der Waals surface area contributed by atoms with Crippen molar-refractivity contribution in [3.63, 3.8) is 0 Å². The van der Waals surface area contributed by atoms with Gasteiger partial charge in [-0.25, -0.2) is 0 Å². The van der Waals surface area contributed by atoms with Gasteiger partial charge < -0.3 is 21.0 Å². The average molecular weight is 444 g/mol. The minimum atomic E-state index is -0.442. The number of carbonyl (C=O) groups is 2. The summed E-state index contributed by atoms with van der Waals surface area (Å²) in [4.78, 5) is 28.1. The molecule has 0 aliphatic heterocycles. The van der Waals surface area contributed by atoms with Gasteiger partial charge in [-0.1, -0.05) is 36.4 Å². The number of phenols is 1. The maximum atomic E-state index is 12.7. The quantitative estimate of drug-likeness (QED) is 0.212. The lowest BCUT2D eigenvalue weighted by Crippen LogP contribution is -2.13. The summed E-state index contributed by atoms with van der Waals surface area (Å²) in [5.41, 5.74) is 3.90. The molecule has 33 heavy (non-hydrogen) atoms. The lowest BCUT2D eigenvalue weighted by atomic mass is 10.0. The number of hydrogen-bond donors (Lipinski definition) is 3. The molecule has 8 heteroatoms. The van der Waals surface area contributed by atoms with Gasteiger partial charge in [-0.2, -0.15) is 5.10 Å².